The second-order valence-electron chi connectivity index (χ2n) is 7.35. The van der Waals surface area contributed by atoms with Crippen LogP contribution in [0.15, 0.2) is 97.1 Å². The molecule has 0 saturated heterocycles. The zero-order valence-electron chi connectivity index (χ0n) is 17.4. The highest BCUT2D eigenvalue weighted by atomic mass is 32.1. The van der Waals surface area contributed by atoms with E-state index in [2.05, 4.69) is 104 Å². The third-order valence-corrected chi connectivity index (χ3v) is 6.39. The molecule has 2 heteroatoms. The molecule has 150 valence electrons. The maximum atomic E-state index is 5.89. The van der Waals surface area contributed by atoms with Crippen LogP contribution in [0.1, 0.15) is 26.2 Å². The maximum absolute atomic E-state index is 5.89. The van der Waals surface area contributed by atoms with E-state index in [1.54, 1.807) is 0 Å². The van der Waals surface area contributed by atoms with Crippen LogP contribution in [0.3, 0.4) is 0 Å². The number of benzene rings is 3. The zero-order valence-corrected chi connectivity index (χ0v) is 18.2. The monoisotopic (exact) mass is 411 g/mol. The van der Waals surface area contributed by atoms with Gasteiger partial charge in [-0.2, -0.15) is 0 Å². The van der Waals surface area contributed by atoms with E-state index < -0.39 is 0 Å². The Kier molecular flexibility index (Phi) is 6.89. The van der Waals surface area contributed by atoms with Crippen molar-refractivity contribution in [1.82, 2.24) is 0 Å². The molecule has 0 unspecified atom stereocenters. The fourth-order valence-electron chi connectivity index (χ4n) is 3.50. The van der Waals surface area contributed by atoms with Crippen molar-refractivity contribution in [3.05, 3.63) is 97.1 Å². The van der Waals surface area contributed by atoms with E-state index in [1.165, 1.54) is 44.8 Å². The first kappa shape index (κ1) is 20.3. The molecule has 3 aromatic carbocycles. The molecule has 4 aromatic rings. The van der Waals surface area contributed by atoms with Crippen molar-refractivity contribution in [2.45, 2.75) is 26.2 Å². The summed E-state index contributed by atoms with van der Waals surface area (Å²) in [6.45, 7) is 3.00. The number of hydrogen-bond donors (Lipinski definition) is 0. The van der Waals surface area contributed by atoms with Crippen LogP contribution in [0.2, 0.25) is 0 Å². The van der Waals surface area contributed by atoms with Crippen LogP contribution in [-0.2, 0) is 0 Å². The maximum Gasteiger partial charge on any atom is 0.246 e. The molecule has 0 atom stereocenters. The lowest BCUT2D eigenvalue weighted by Gasteiger charge is -2.08. The summed E-state index contributed by atoms with van der Waals surface area (Å²) in [6.07, 6.45) is 3.54. The van der Waals surface area contributed by atoms with Crippen LogP contribution in [0.4, 0.5) is 0 Å². The average Bonchev–Trinajstić information content (AvgIpc) is 2.83. The van der Waals surface area contributed by atoms with Crippen molar-refractivity contribution in [2.24, 2.45) is 0 Å². The van der Waals surface area contributed by atoms with E-state index in [-0.39, 0.29) is 0 Å². The first-order valence-electron chi connectivity index (χ1n) is 10.7. The molecule has 1 aromatic heterocycles. The van der Waals surface area contributed by atoms with Gasteiger partial charge in [-0.25, -0.2) is 0 Å². The van der Waals surface area contributed by atoms with Crippen molar-refractivity contribution < 1.29 is 4.74 Å². The number of hydrogen-bond acceptors (Lipinski definition) is 1. The van der Waals surface area contributed by atoms with Crippen molar-refractivity contribution >= 4 is 11.3 Å². The highest BCUT2D eigenvalue weighted by Crippen LogP contribution is 2.40. The van der Waals surface area contributed by atoms with E-state index in [1.807, 2.05) is 11.3 Å². The van der Waals surface area contributed by atoms with Gasteiger partial charge in [0, 0.05) is 22.8 Å². The van der Waals surface area contributed by atoms with E-state index in [0.29, 0.717) is 0 Å². The van der Waals surface area contributed by atoms with Crippen molar-refractivity contribution in [3.8, 4) is 37.8 Å². The molecule has 0 amide bonds. The van der Waals surface area contributed by atoms with Gasteiger partial charge in [-0.3, -0.25) is 0 Å². The predicted octanol–water partition coefficient (Wildman–Crippen LogP) is 8.60. The number of ether oxygens (including phenoxy) is 1. The van der Waals surface area contributed by atoms with E-state index in [9.17, 15) is 0 Å². The van der Waals surface area contributed by atoms with Gasteiger partial charge in [-0.1, -0.05) is 68.3 Å². The molecule has 0 spiro atoms. The standard InChI is InChI=1S/C28H27OS/c1-2-3-10-21-29-25-17-15-22(16-18-25)26-19-20-27(23-11-6-4-7-12-23)30-28(26)24-13-8-5-9-14-24/h4-9,11-20H,2-3,10,21H2,1H3/q+1. The number of unbranched alkanes of at least 4 members (excludes halogenated alkanes) is 2. The summed E-state index contributed by atoms with van der Waals surface area (Å²) < 4.78 is 5.89. The van der Waals surface area contributed by atoms with E-state index in [4.69, 9.17) is 4.74 Å². The molecule has 1 nitrogen and oxygen atoms in total. The lowest BCUT2D eigenvalue weighted by atomic mass is 10.0. The molecule has 0 aliphatic rings. The van der Waals surface area contributed by atoms with Gasteiger partial charge in [-0.15, -0.1) is 0 Å². The Morgan fingerprint density at radius 3 is 1.97 bits per heavy atom. The van der Waals surface area contributed by atoms with Gasteiger partial charge < -0.3 is 4.74 Å². The van der Waals surface area contributed by atoms with Crippen LogP contribution < -0.4 is 4.74 Å². The topological polar surface area (TPSA) is 9.23 Å². The van der Waals surface area contributed by atoms with E-state index >= 15 is 0 Å². The summed E-state index contributed by atoms with van der Waals surface area (Å²) in [5.74, 6) is 0.945. The summed E-state index contributed by atoms with van der Waals surface area (Å²) in [6, 6.07) is 34.3. The SMILES string of the molecule is CCCCCOc1ccc(-c2ccc(-c3ccccc3)[s+]c2-c2ccccc2)cc1. The minimum atomic E-state index is 0.788. The Morgan fingerprint density at radius 1 is 0.633 bits per heavy atom. The fraction of sp³-hybridized carbons (Fsp3) is 0.179. The van der Waals surface area contributed by atoms with Gasteiger partial charge in [0.25, 0.3) is 0 Å². The molecule has 0 bridgehead atoms. The Labute approximate surface area is 183 Å². The van der Waals surface area contributed by atoms with Crippen molar-refractivity contribution in [1.29, 1.82) is 0 Å². The molecule has 0 N–H and O–H groups in total. The minimum Gasteiger partial charge on any atom is -0.494 e. The molecule has 30 heavy (non-hydrogen) atoms. The summed E-state index contributed by atoms with van der Waals surface area (Å²) in [5, 5.41) is 0. The van der Waals surface area contributed by atoms with Crippen molar-refractivity contribution in [2.75, 3.05) is 6.61 Å². The van der Waals surface area contributed by atoms with E-state index in [0.717, 1.165) is 18.8 Å². The lowest BCUT2D eigenvalue weighted by Crippen LogP contribution is -1.96. The summed E-state index contributed by atoms with van der Waals surface area (Å²) in [5.41, 5.74) is 4.96. The second kappa shape index (κ2) is 10.2. The first-order chi connectivity index (χ1) is 14.8. The third kappa shape index (κ3) is 4.95. The molecule has 0 radical (unpaired) electrons. The molecular weight excluding hydrogens is 384 g/mol. The highest BCUT2D eigenvalue weighted by Gasteiger charge is 2.21. The fourth-order valence-corrected chi connectivity index (χ4v) is 4.66. The van der Waals surface area contributed by atoms with Gasteiger partial charge >= 0.3 is 0 Å². The van der Waals surface area contributed by atoms with Gasteiger partial charge in [0.1, 0.15) is 5.75 Å². The molecule has 0 aliphatic heterocycles. The van der Waals surface area contributed by atoms with Crippen LogP contribution in [0, 0.1) is 0 Å². The highest BCUT2D eigenvalue weighted by molar-refractivity contribution is 7.18. The summed E-state index contributed by atoms with van der Waals surface area (Å²) in [4.78, 5) is 2.56. The minimum absolute atomic E-state index is 0.788. The Hall–Kier alpha value is -2.97. The molecular formula is C28H27OS+. The van der Waals surface area contributed by atoms with Gasteiger partial charge in [0.2, 0.25) is 21.1 Å². The third-order valence-electron chi connectivity index (χ3n) is 5.13. The summed E-state index contributed by atoms with van der Waals surface area (Å²) >= 11 is 1.84. The molecule has 0 saturated carbocycles. The Morgan fingerprint density at radius 2 is 1.30 bits per heavy atom. The predicted molar refractivity (Wildman–Crippen MR) is 130 cm³/mol. The van der Waals surface area contributed by atoms with Crippen LogP contribution in [0.5, 0.6) is 5.75 Å². The largest absolute Gasteiger partial charge is 0.494 e. The van der Waals surface area contributed by atoms with Crippen molar-refractivity contribution in [3.63, 3.8) is 0 Å². The van der Waals surface area contributed by atoms with Crippen LogP contribution in [0.25, 0.3) is 32.0 Å². The van der Waals surface area contributed by atoms with Crippen LogP contribution >= 0.6 is 11.3 Å². The molecule has 1 heterocycles. The lowest BCUT2D eigenvalue weighted by molar-refractivity contribution is 0.306. The number of rotatable bonds is 8. The molecule has 0 fully saturated rings. The van der Waals surface area contributed by atoms with Gasteiger partial charge in [0.05, 0.1) is 6.61 Å². The second-order valence-corrected chi connectivity index (χ2v) is 8.41. The zero-order chi connectivity index (χ0) is 20.6. The smallest absolute Gasteiger partial charge is 0.246 e. The molecule has 4 rings (SSSR count). The Balaban J connectivity index is 1.67. The van der Waals surface area contributed by atoms with Gasteiger partial charge in [-0.05, 0) is 54.4 Å². The summed E-state index contributed by atoms with van der Waals surface area (Å²) in [7, 11) is 0. The normalized spacial score (nSPS) is 10.7. The average molecular weight is 412 g/mol. The first-order valence-corrected chi connectivity index (χ1v) is 11.5. The molecule has 0 aliphatic carbocycles. The van der Waals surface area contributed by atoms with Crippen LogP contribution in [-0.4, -0.2) is 6.61 Å². The Bertz CT molecular complexity index is 1060. The van der Waals surface area contributed by atoms with Gasteiger partial charge in [0.15, 0.2) is 0 Å². The quantitative estimate of drug-likeness (QED) is 0.208.